The second kappa shape index (κ2) is 18.3. The zero-order valence-electron chi connectivity index (χ0n) is 34.1. The molecule has 0 spiro atoms. The van der Waals surface area contributed by atoms with Gasteiger partial charge in [0.25, 0.3) is 11.8 Å². The van der Waals surface area contributed by atoms with Gasteiger partial charge in [-0.1, -0.05) is 60.7 Å². The van der Waals surface area contributed by atoms with E-state index in [0.29, 0.717) is 66.5 Å². The lowest BCUT2D eigenvalue weighted by molar-refractivity contribution is 0.0517. The largest absolute Gasteiger partial charge is 0.505 e. The molecule has 0 saturated heterocycles. The van der Waals surface area contributed by atoms with Crippen molar-refractivity contribution in [1.29, 1.82) is 0 Å². The molecule has 7 rings (SSSR count). The van der Waals surface area contributed by atoms with Gasteiger partial charge in [-0.3, -0.25) is 9.59 Å². The molecule has 0 aliphatic rings. The number of ether oxygens (including phenoxy) is 2. The van der Waals surface area contributed by atoms with Crippen LogP contribution in [0.3, 0.4) is 0 Å². The number of nitrogens with zero attached hydrogens (tertiary/aromatic N) is 4. The number of benzene rings is 7. The highest BCUT2D eigenvalue weighted by molar-refractivity contribution is 6.14. The third-order valence-electron chi connectivity index (χ3n) is 10.0. The smallest absolute Gasteiger partial charge is 0.338 e. The highest BCUT2D eigenvalue weighted by Crippen LogP contribution is 2.42. The topological polar surface area (TPSA) is 201 Å². The van der Waals surface area contributed by atoms with E-state index in [1.807, 2.05) is 0 Å². The minimum absolute atomic E-state index is 0.0567. The summed E-state index contributed by atoms with van der Waals surface area (Å²) in [6, 6.07) is 33.3. The molecule has 0 fully saturated rings. The number of azo groups is 2. The standard InChI is InChI=1S/C48H40N6O8/c1-5-61-47(59)31-15-11-17-33(23-31)51-53-41-35-19-9-7-13-29(35)25-37(43(41)55)45(57)49-39-21-22-40(28(4)27(39)3)50-46(58)38-26-30-14-8-10-20-36(30)42(44(38)56)54-52-34-18-12-16-32(24-34)48(60)62-6-2/h7-26,55-56H,5-6H2,1-4H3,(H,49,57)(H,50,58). The molecule has 4 N–H and O–H groups in total. The average Bonchev–Trinajstić information content (AvgIpc) is 3.28. The highest BCUT2D eigenvalue weighted by Gasteiger charge is 2.22. The first kappa shape index (κ1) is 41.9. The molecule has 7 aromatic rings. The first-order valence-corrected chi connectivity index (χ1v) is 19.6. The monoisotopic (exact) mass is 828 g/mol. The third-order valence-corrected chi connectivity index (χ3v) is 10.0. The number of nitrogens with one attached hydrogen (secondary N) is 2. The Morgan fingerprint density at radius 2 is 0.919 bits per heavy atom. The van der Waals surface area contributed by atoms with Gasteiger partial charge in [-0.15, -0.1) is 10.2 Å². The molecule has 0 aliphatic heterocycles. The number of rotatable bonds is 12. The summed E-state index contributed by atoms with van der Waals surface area (Å²) in [5, 5.41) is 48.2. The van der Waals surface area contributed by atoms with Crippen LogP contribution in [0, 0.1) is 13.8 Å². The van der Waals surface area contributed by atoms with Gasteiger partial charge in [0.05, 0.1) is 46.8 Å². The van der Waals surface area contributed by atoms with Crippen molar-refractivity contribution in [3.8, 4) is 11.5 Å². The van der Waals surface area contributed by atoms with Crippen molar-refractivity contribution in [3.63, 3.8) is 0 Å². The third kappa shape index (κ3) is 8.84. The fourth-order valence-corrected chi connectivity index (χ4v) is 6.69. The second-order valence-corrected chi connectivity index (χ2v) is 13.9. The summed E-state index contributed by atoms with van der Waals surface area (Å²) < 4.78 is 10.2. The zero-order valence-corrected chi connectivity index (χ0v) is 34.1. The van der Waals surface area contributed by atoms with Crippen LogP contribution in [0.15, 0.2) is 142 Å². The minimum Gasteiger partial charge on any atom is -0.505 e. The molecule has 0 heterocycles. The molecule has 14 heteroatoms. The summed E-state index contributed by atoms with van der Waals surface area (Å²) in [6.07, 6.45) is 0. The lowest BCUT2D eigenvalue weighted by Gasteiger charge is -2.17. The Balaban J connectivity index is 1.14. The molecule has 14 nitrogen and oxygen atoms in total. The van der Waals surface area contributed by atoms with Gasteiger partial charge in [0.2, 0.25) is 0 Å². The van der Waals surface area contributed by atoms with Gasteiger partial charge in [0.1, 0.15) is 11.4 Å². The van der Waals surface area contributed by atoms with Crippen molar-refractivity contribution in [3.05, 3.63) is 155 Å². The Kier molecular flexibility index (Phi) is 12.4. The van der Waals surface area contributed by atoms with E-state index < -0.39 is 35.3 Å². The van der Waals surface area contributed by atoms with Gasteiger partial charge >= 0.3 is 11.9 Å². The lowest BCUT2D eigenvalue weighted by Crippen LogP contribution is -2.16. The quantitative estimate of drug-likeness (QED) is 0.0688. The molecule has 62 heavy (non-hydrogen) atoms. The van der Waals surface area contributed by atoms with Crippen LogP contribution in [0.25, 0.3) is 21.5 Å². The van der Waals surface area contributed by atoms with Gasteiger partial charge < -0.3 is 30.3 Å². The van der Waals surface area contributed by atoms with E-state index in [2.05, 4.69) is 31.1 Å². The van der Waals surface area contributed by atoms with Gasteiger partial charge in [-0.2, -0.15) is 10.2 Å². The maximum Gasteiger partial charge on any atom is 0.338 e. The average molecular weight is 829 g/mol. The molecule has 0 atom stereocenters. The van der Waals surface area contributed by atoms with Crippen molar-refractivity contribution in [1.82, 2.24) is 0 Å². The number of anilines is 2. The van der Waals surface area contributed by atoms with Crippen LogP contribution >= 0.6 is 0 Å². The summed E-state index contributed by atoms with van der Waals surface area (Å²) in [5.74, 6) is -3.05. The van der Waals surface area contributed by atoms with Gasteiger partial charge in [-0.05, 0) is 110 Å². The molecular weight excluding hydrogens is 789 g/mol. The fourth-order valence-electron chi connectivity index (χ4n) is 6.69. The molecule has 7 aromatic carbocycles. The number of hydrogen-bond donors (Lipinski definition) is 4. The number of esters is 2. The number of carbonyl (C=O) groups excluding carboxylic acids is 4. The van der Waals surface area contributed by atoms with E-state index >= 15 is 0 Å². The lowest BCUT2D eigenvalue weighted by atomic mass is 10.0. The Labute approximate surface area is 355 Å². The van der Waals surface area contributed by atoms with Crippen LogP contribution < -0.4 is 10.6 Å². The Hall–Kier alpha value is -8.26. The van der Waals surface area contributed by atoms with Gasteiger partial charge in [0, 0.05) is 22.1 Å². The SMILES string of the molecule is CCOC(=O)c1cccc(N=Nc2c(O)c(C(=O)Nc3ccc(NC(=O)c4cc5ccccc5c(N=Nc5cccc(C(=O)OCC)c5)c4O)c(C)c3C)cc3ccccc23)c1. The number of phenols is 2. The normalized spacial score (nSPS) is 11.3. The summed E-state index contributed by atoms with van der Waals surface area (Å²) in [6.45, 7) is 7.40. The van der Waals surface area contributed by atoms with Crippen LogP contribution in [0.1, 0.15) is 66.4 Å². The molecule has 0 aromatic heterocycles. The van der Waals surface area contributed by atoms with Crippen LogP contribution in [-0.2, 0) is 9.47 Å². The number of phenolic OH excluding ortho intramolecular Hbond substituents is 2. The van der Waals surface area contributed by atoms with Crippen molar-refractivity contribution < 1.29 is 38.9 Å². The van der Waals surface area contributed by atoms with E-state index in [-0.39, 0.29) is 35.7 Å². The van der Waals surface area contributed by atoms with Gasteiger partial charge in [0.15, 0.2) is 11.5 Å². The number of hydrogen-bond acceptors (Lipinski definition) is 12. The Morgan fingerprint density at radius 3 is 1.32 bits per heavy atom. The van der Waals surface area contributed by atoms with E-state index in [4.69, 9.17) is 9.47 Å². The van der Waals surface area contributed by atoms with Crippen molar-refractivity contribution in [2.45, 2.75) is 27.7 Å². The summed E-state index contributed by atoms with van der Waals surface area (Å²) in [4.78, 5) is 52.3. The van der Waals surface area contributed by atoms with E-state index in [0.717, 1.165) is 0 Å². The van der Waals surface area contributed by atoms with E-state index in [9.17, 15) is 29.4 Å². The predicted octanol–water partition coefficient (Wildman–Crippen LogP) is 11.7. The first-order valence-electron chi connectivity index (χ1n) is 19.6. The van der Waals surface area contributed by atoms with Crippen LogP contribution in [-0.4, -0.2) is 47.2 Å². The molecule has 0 bridgehead atoms. The summed E-state index contributed by atoms with van der Waals surface area (Å²) in [5.41, 5.74) is 3.35. The van der Waals surface area contributed by atoms with Crippen LogP contribution in [0.5, 0.6) is 11.5 Å². The van der Waals surface area contributed by atoms with Crippen molar-refractivity contribution >= 4 is 79.4 Å². The Morgan fingerprint density at radius 1 is 0.516 bits per heavy atom. The molecule has 0 aliphatic carbocycles. The highest BCUT2D eigenvalue weighted by atomic mass is 16.5. The fraction of sp³-hybridized carbons (Fsp3) is 0.125. The number of aromatic hydroxyl groups is 2. The molecule has 0 unspecified atom stereocenters. The minimum atomic E-state index is -0.622. The molecule has 0 radical (unpaired) electrons. The second-order valence-electron chi connectivity index (χ2n) is 13.9. The molecular formula is C48H40N6O8. The number of amides is 2. The van der Waals surface area contributed by atoms with Crippen molar-refractivity contribution in [2.24, 2.45) is 20.5 Å². The molecule has 2 amide bonds. The maximum absolute atomic E-state index is 13.9. The maximum atomic E-state index is 13.9. The Bertz CT molecular complexity index is 2780. The zero-order chi connectivity index (χ0) is 43.9. The number of fused-ring (bicyclic) bond motifs is 2. The van der Waals surface area contributed by atoms with Crippen molar-refractivity contribution in [2.75, 3.05) is 23.8 Å². The summed E-state index contributed by atoms with van der Waals surface area (Å²) in [7, 11) is 0. The van der Waals surface area contributed by atoms with Gasteiger partial charge in [-0.25, -0.2) is 9.59 Å². The predicted molar refractivity (Wildman–Crippen MR) is 236 cm³/mol. The summed E-state index contributed by atoms with van der Waals surface area (Å²) >= 11 is 0. The number of carbonyl (C=O) groups is 4. The van der Waals surface area contributed by atoms with E-state index in [1.165, 1.54) is 12.1 Å². The van der Waals surface area contributed by atoms with Crippen LogP contribution in [0.4, 0.5) is 34.1 Å². The first-order chi connectivity index (χ1) is 30.0. The molecule has 0 saturated carbocycles. The molecule has 310 valence electrons. The van der Waals surface area contributed by atoms with E-state index in [1.54, 1.807) is 137 Å². The van der Waals surface area contributed by atoms with Crippen LogP contribution in [0.2, 0.25) is 0 Å².